The van der Waals surface area contributed by atoms with Gasteiger partial charge >= 0.3 is 0 Å². The van der Waals surface area contributed by atoms with Gasteiger partial charge in [-0.15, -0.1) is 0 Å². The summed E-state index contributed by atoms with van der Waals surface area (Å²) < 4.78 is 31.5. The van der Waals surface area contributed by atoms with E-state index in [1.807, 2.05) is 4.90 Å². The van der Waals surface area contributed by atoms with Gasteiger partial charge in [0.2, 0.25) is 0 Å². The standard InChI is InChI=1S/C28H33F2N7O2/c1-15(2)34-28(39)18-7-8-23-24(25(18)30)26(32)19(29)12-20(31)16(3)27(38)35-21-13-33-10-9-22(21)37-11-5-6-17(14-37)36(23)4/h7-10,12-13,15,17H,3,5-6,11,14,31-32H2,1-2,4H3,(H,34,39)(H,35,38)/b20-12?,26-19+/t17-/m0/s1. The lowest BCUT2D eigenvalue weighted by Gasteiger charge is -2.41. The first-order chi connectivity index (χ1) is 18.5. The molecule has 0 radical (unpaired) electrons. The number of carbonyl (C=O) groups is 2. The second kappa shape index (κ2) is 11.1. The molecule has 0 saturated carbocycles. The highest BCUT2D eigenvalue weighted by Crippen LogP contribution is 2.36. The van der Waals surface area contributed by atoms with Crippen LogP contribution in [0.4, 0.5) is 25.8 Å². The molecule has 0 unspecified atom stereocenters. The molecule has 2 aromatic rings. The Hall–Kier alpha value is -4.41. The maximum Gasteiger partial charge on any atom is 0.257 e. The van der Waals surface area contributed by atoms with Crippen LogP contribution in [-0.2, 0) is 4.79 Å². The molecule has 6 N–H and O–H groups in total. The molecule has 3 heterocycles. The predicted molar refractivity (Wildman–Crippen MR) is 149 cm³/mol. The van der Waals surface area contributed by atoms with E-state index in [0.29, 0.717) is 24.5 Å². The van der Waals surface area contributed by atoms with E-state index in [1.54, 1.807) is 39.2 Å². The Labute approximate surface area is 226 Å². The molecule has 39 heavy (non-hydrogen) atoms. The summed E-state index contributed by atoms with van der Waals surface area (Å²) >= 11 is 0. The Morgan fingerprint density at radius 3 is 2.69 bits per heavy atom. The summed E-state index contributed by atoms with van der Waals surface area (Å²) in [4.78, 5) is 33.8. The van der Waals surface area contributed by atoms with Crippen LogP contribution in [0.25, 0.3) is 5.70 Å². The van der Waals surface area contributed by atoms with Crippen LogP contribution in [-0.4, -0.2) is 49.0 Å². The molecule has 2 aliphatic rings. The molecular weight excluding hydrogens is 504 g/mol. The molecule has 1 fully saturated rings. The van der Waals surface area contributed by atoms with Crippen LogP contribution in [0, 0.1) is 5.82 Å². The zero-order valence-electron chi connectivity index (χ0n) is 22.2. The number of likely N-dealkylation sites (N-methyl/N-ethyl adjacent to an activating group) is 1. The smallest absolute Gasteiger partial charge is 0.257 e. The molecule has 2 bridgehead atoms. The first-order valence-electron chi connectivity index (χ1n) is 12.7. The Bertz CT molecular complexity index is 1390. The van der Waals surface area contributed by atoms with E-state index >= 15 is 8.78 Å². The van der Waals surface area contributed by atoms with Gasteiger partial charge in [0.25, 0.3) is 11.8 Å². The second-order valence-electron chi connectivity index (χ2n) is 9.99. The Morgan fingerprint density at radius 1 is 1.23 bits per heavy atom. The van der Waals surface area contributed by atoms with Gasteiger partial charge in [-0.3, -0.25) is 14.6 Å². The fraction of sp³-hybridized carbons (Fsp3) is 0.321. The average molecular weight is 538 g/mol. The van der Waals surface area contributed by atoms with Gasteiger partial charge in [-0.05, 0) is 51.0 Å². The van der Waals surface area contributed by atoms with Crippen molar-refractivity contribution in [3.8, 4) is 0 Å². The summed E-state index contributed by atoms with van der Waals surface area (Å²) in [6.45, 7) is 8.43. The van der Waals surface area contributed by atoms with Gasteiger partial charge < -0.3 is 31.9 Å². The molecule has 11 heteroatoms. The first kappa shape index (κ1) is 27.6. The third-order valence-electron chi connectivity index (χ3n) is 6.93. The number of rotatable bonds is 2. The number of amides is 2. The van der Waals surface area contributed by atoms with Crippen molar-refractivity contribution in [2.75, 3.05) is 35.3 Å². The van der Waals surface area contributed by atoms with Crippen molar-refractivity contribution in [2.24, 2.45) is 11.5 Å². The van der Waals surface area contributed by atoms with E-state index in [4.69, 9.17) is 11.5 Å². The van der Waals surface area contributed by atoms with E-state index < -0.39 is 29.2 Å². The number of hydrogen-bond acceptors (Lipinski definition) is 7. The SMILES string of the molecule is C=C1C(=O)Nc2cnccc2N2CCC[C@@H](C2)N(C)c2ccc(C(=O)NC(C)C)c(F)c2/C(N)=C(\F)C=C1N. The van der Waals surface area contributed by atoms with E-state index in [0.717, 1.165) is 24.6 Å². The molecule has 1 saturated heterocycles. The number of fused-ring (bicyclic) bond motifs is 5. The number of benzene rings is 1. The van der Waals surface area contributed by atoms with Gasteiger partial charge in [0, 0.05) is 49.8 Å². The van der Waals surface area contributed by atoms with E-state index in [1.165, 1.54) is 12.3 Å². The second-order valence-corrected chi connectivity index (χ2v) is 9.99. The molecular formula is C28H33F2N7O2. The maximum absolute atomic E-state index is 16.0. The lowest BCUT2D eigenvalue weighted by Crippen LogP contribution is -2.47. The number of carbonyl (C=O) groups excluding carboxylic acids is 2. The summed E-state index contributed by atoms with van der Waals surface area (Å²) in [6, 6.07) is 4.37. The van der Waals surface area contributed by atoms with E-state index in [2.05, 4.69) is 27.1 Å². The fourth-order valence-corrected chi connectivity index (χ4v) is 4.83. The number of piperidine rings is 1. The number of nitrogens with zero attached hydrogens (tertiary/aromatic N) is 3. The molecule has 1 aromatic carbocycles. The minimum atomic E-state index is -1.07. The first-order valence-corrected chi connectivity index (χ1v) is 12.7. The van der Waals surface area contributed by atoms with Gasteiger partial charge in [0.05, 0.1) is 40.0 Å². The number of pyridine rings is 1. The molecule has 0 spiro atoms. The Kier molecular flexibility index (Phi) is 7.89. The van der Waals surface area contributed by atoms with Gasteiger partial charge in [-0.1, -0.05) is 6.58 Å². The van der Waals surface area contributed by atoms with E-state index in [-0.39, 0.29) is 34.5 Å². The number of aromatic nitrogens is 1. The van der Waals surface area contributed by atoms with Crippen LogP contribution >= 0.6 is 0 Å². The number of anilines is 3. The van der Waals surface area contributed by atoms with Crippen molar-refractivity contribution in [1.29, 1.82) is 0 Å². The van der Waals surface area contributed by atoms with Crippen LogP contribution < -0.4 is 31.9 Å². The molecule has 2 amide bonds. The van der Waals surface area contributed by atoms with Crippen LogP contribution in [0.2, 0.25) is 0 Å². The molecule has 206 valence electrons. The number of nitrogens with two attached hydrogens (primary N) is 2. The lowest BCUT2D eigenvalue weighted by atomic mass is 9.98. The largest absolute Gasteiger partial charge is 0.398 e. The Balaban J connectivity index is 1.93. The topological polar surface area (TPSA) is 130 Å². The normalized spacial score (nSPS) is 20.4. The summed E-state index contributed by atoms with van der Waals surface area (Å²) in [5.74, 6) is -3.32. The molecule has 2 aliphatic heterocycles. The van der Waals surface area contributed by atoms with Crippen LogP contribution in [0.5, 0.6) is 0 Å². The van der Waals surface area contributed by atoms with Crippen molar-refractivity contribution in [2.45, 2.75) is 38.8 Å². The van der Waals surface area contributed by atoms with Gasteiger partial charge in [0.1, 0.15) is 11.6 Å². The van der Waals surface area contributed by atoms with Crippen molar-refractivity contribution in [3.05, 3.63) is 77.3 Å². The van der Waals surface area contributed by atoms with Crippen molar-refractivity contribution < 1.29 is 18.4 Å². The molecule has 9 nitrogen and oxygen atoms in total. The van der Waals surface area contributed by atoms with Gasteiger partial charge in [-0.2, -0.15) is 0 Å². The fourth-order valence-electron chi connectivity index (χ4n) is 4.83. The third-order valence-corrected chi connectivity index (χ3v) is 6.93. The average Bonchev–Trinajstić information content (AvgIpc) is 2.91. The minimum absolute atomic E-state index is 0.125. The quantitative estimate of drug-likeness (QED) is 0.432. The van der Waals surface area contributed by atoms with Crippen molar-refractivity contribution in [3.63, 3.8) is 0 Å². The highest BCUT2D eigenvalue weighted by molar-refractivity contribution is 6.07. The number of nitrogens with one attached hydrogen (secondary N) is 2. The monoisotopic (exact) mass is 537 g/mol. The van der Waals surface area contributed by atoms with Crippen molar-refractivity contribution in [1.82, 2.24) is 10.3 Å². The lowest BCUT2D eigenvalue weighted by molar-refractivity contribution is -0.112. The summed E-state index contributed by atoms with van der Waals surface area (Å²) in [6.07, 6.45) is 5.56. The molecule has 4 rings (SSSR count). The van der Waals surface area contributed by atoms with Gasteiger partial charge in [0.15, 0.2) is 0 Å². The third kappa shape index (κ3) is 5.57. The summed E-state index contributed by atoms with van der Waals surface area (Å²) in [7, 11) is 1.78. The van der Waals surface area contributed by atoms with E-state index in [9.17, 15) is 9.59 Å². The van der Waals surface area contributed by atoms with Crippen LogP contribution in [0.15, 0.2) is 60.3 Å². The maximum atomic E-state index is 16.0. The molecule has 1 atom stereocenters. The summed E-state index contributed by atoms with van der Waals surface area (Å²) in [5.41, 5.74) is 12.1. The Morgan fingerprint density at radius 2 is 1.97 bits per heavy atom. The zero-order valence-corrected chi connectivity index (χ0v) is 22.2. The number of halogens is 2. The zero-order chi connectivity index (χ0) is 28.4. The predicted octanol–water partition coefficient (Wildman–Crippen LogP) is 3.41. The molecule has 0 aliphatic carbocycles. The molecule has 1 aromatic heterocycles. The van der Waals surface area contributed by atoms with Crippen LogP contribution in [0.1, 0.15) is 42.6 Å². The highest BCUT2D eigenvalue weighted by Gasteiger charge is 2.30. The number of allylic oxidation sites excluding steroid dienone is 2. The highest BCUT2D eigenvalue weighted by atomic mass is 19.1. The van der Waals surface area contributed by atoms with Gasteiger partial charge in [-0.25, -0.2) is 8.78 Å². The summed E-state index contributed by atoms with van der Waals surface area (Å²) in [5, 5.41) is 5.41. The number of hydrogen-bond donors (Lipinski definition) is 4. The minimum Gasteiger partial charge on any atom is -0.398 e. The van der Waals surface area contributed by atoms with Crippen LogP contribution in [0.3, 0.4) is 0 Å². The van der Waals surface area contributed by atoms with Crippen molar-refractivity contribution >= 4 is 34.6 Å².